The largest absolute Gasteiger partial charge is 0.490 e. The Bertz CT molecular complexity index is 809. The van der Waals surface area contributed by atoms with Crippen molar-refractivity contribution in [1.82, 2.24) is 0 Å². The summed E-state index contributed by atoms with van der Waals surface area (Å²) >= 11 is 0. The quantitative estimate of drug-likeness (QED) is 0.608. The van der Waals surface area contributed by atoms with E-state index in [4.69, 9.17) is 9.47 Å². The number of rotatable bonds is 6. The van der Waals surface area contributed by atoms with E-state index < -0.39 is 4.92 Å². The minimum atomic E-state index is -0.458. The Hall–Kier alpha value is -3.29. The lowest BCUT2D eigenvalue weighted by molar-refractivity contribution is -0.384. The van der Waals surface area contributed by atoms with Crippen LogP contribution in [-0.2, 0) is 4.79 Å². The molecule has 0 saturated heterocycles. The van der Waals surface area contributed by atoms with Crippen LogP contribution in [0.1, 0.15) is 12.8 Å². The van der Waals surface area contributed by atoms with Gasteiger partial charge in [0.1, 0.15) is 5.69 Å². The van der Waals surface area contributed by atoms with Gasteiger partial charge in [0.15, 0.2) is 11.5 Å². The molecule has 8 nitrogen and oxygen atoms in total. The van der Waals surface area contributed by atoms with Crippen LogP contribution in [0.5, 0.6) is 11.5 Å². The summed E-state index contributed by atoms with van der Waals surface area (Å²) in [4.78, 5) is 22.6. The molecule has 1 amide bonds. The van der Waals surface area contributed by atoms with Crippen molar-refractivity contribution in [3.63, 3.8) is 0 Å². The van der Waals surface area contributed by atoms with Gasteiger partial charge in [0.2, 0.25) is 5.91 Å². The fourth-order valence-corrected chi connectivity index (χ4v) is 2.56. The van der Waals surface area contributed by atoms with E-state index in [1.165, 1.54) is 6.07 Å². The van der Waals surface area contributed by atoms with E-state index >= 15 is 0 Å². The maximum absolute atomic E-state index is 12.1. The molecule has 0 saturated carbocycles. The zero-order valence-electron chi connectivity index (χ0n) is 14.1. The number of para-hydroxylation sites is 2. The van der Waals surface area contributed by atoms with E-state index in [0.717, 1.165) is 6.42 Å². The molecule has 2 aromatic rings. The number of nitro benzene ring substituents is 1. The van der Waals surface area contributed by atoms with Crippen molar-refractivity contribution >= 4 is 23.0 Å². The molecule has 0 atom stereocenters. The second-order valence-corrected chi connectivity index (χ2v) is 5.71. The number of fused-ring (bicyclic) bond motifs is 1. The van der Waals surface area contributed by atoms with Gasteiger partial charge < -0.3 is 20.1 Å². The Kier molecular flexibility index (Phi) is 5.52. The number of carbonyl (C=O) groups is 1. The van der Waals surface area contributed by atoms with E-state index in [1.54, 1.807) is 36.4 Å². The number of ether oxygens (including phenoxy) is 2. The van der Waals surface area contributed by atoms with Gasteiger partial charge in [0, 0.05) is 37.2 Å². The van der Waals surface area contributed by atoms with Crippen molar-refractivity contribution in [1.29, 1.82) is 0 Å². The Balaban J connectivity index is 1.53. The molecule has 3 rings (SSSR count). The number of anilines is 2. The molecule has 2 aromatic carbocycles. The third-order valence-corrected chi connectivity index (χ3v) is 3.80. The van der Waals surface area contributed by atoms with E-state index in [-0.39, 0.29) is 24.6 Å². The summed E-state index contributed by atoms with van der Waals surface area (Å²) in [5.74, 6) is 1.07. The van der Waals surface area contributed by atoms with Crippen molar-refractivity contribution in [3.05, 3.63) is 52.6 Å². The number of nitrogens with one attached hydrogen (secondary N) is 2. The molecule has 1 aliphatic heterocycles. The SMILES string of the molecule is O=C(CCNc1ccccc1[N+](=O)[O-])Nc1ccc2c(c1)OCCCO2. The van der Waals surface area contributed by atoms with Crippen LogP contribution in [0.4, 0.5) is 17.1 Å². The lowest BCUT2D eigenvalue weighted by atomic mass is 10.2. The Labute approximate surface area is 150 Å². The van der Waals surface area contributed by atoms with Crippen LogP contribution in [0.15, 0.2) is 42.5 Å². The molecule has 1 aliphatic rings. The van der Waals surface area contributed by atoms with Gasteiger partial charge in [-0.15, -0.1) is 0 Å². The first kappa shape index (κ1) is 17.5. The maximum Gasteiger partial charge on any atom is 0.292 e. The Morgan fingerprint density at radius 3 is 2.69 bits per heavy atom. The Morgan fingerprint density at radius 1 is 1.12 bits per heavy atom. The van der Waals surface area contributed by atoms with Crippen LogP contribution >= 0.6 is 0 Å². The van der Waals surface area contributed by atoms with Crippen molar-refractivity contribution < 1.29 is 19.2 Å². The molecular weight excluding hydrogens is 338 g/mol. The molecular formula is C18H19N3O5. The second kappa shape index (κ2) is 8.19. The highest BCUT2D eigenvalue weighted by Crippen LogP contribution is 2.32. The first-order valence-corrected chi connectivity index (χ1v) is 8.30. The lowest BCUT2D eigenvalue weighted by Gasteiger charge is -2.11. The van der Waals surface area contributed by atoms with E-state index in [1.807, 2.05) is 0 Å². The summed E-state index contributed by atoms with van der Waals surface area (Å²) in [5.41, 5.74) is 0.988. The first-order chi connectivity index (χ1) is 12.6. The number of nitrogens with zero attached hydrogens (tertiary/aromatic N) is 1. The van der Waals surface area contributed by atoms with Crippen LogP contribution in [0.3, 0.4) is 0 Å². The predicted molar refractivity (Wildman–Crippen MR) is 96.9 cm³/mol. The topological polar surface area (TPSA) is 103 Å². The fraction of sp³-hybridized carbons (Fsp3) is 0.278. The van der Waals surface area contributed by atoms with Gasteiger partial charge in [-0.3, -0.25) is 14.9 Å². The highest BCUT2D eigenvalue weighted by molar-refractivity contribution is 5.91. The van der Waals surface area contributed by atoms with Gasteiger partial charge in [-0.25, -0.2) is 0 Å². The first-order valence-electron chi connectivity index (χ1n) is 8.30. The zero-order valence-corrected chi connectivity index (χ0v) is 14.1. The summed E-state index contributed by atoms with van der Waals surface area (Å²) in [5, 5.41) is 16.7. The average molecular weight is 357 g/mol. The van der Waals surface area contributed by atoms with Crippen LogP contribution in [-0.4, -0.2) is 30.6 Å². The summed E-state index contributed by atoms with van der Waals surface area (Å²) in [6.45, 7) is 1.46. The number of hydrogen-bond acceptors (Lipinski definition) is 6. The molecule has 0 aromatic heterocycles. The number of hydrogen-bond donors (Lipinski definition) is 2. The molecule has 0 radical (unpaired) electrons. The number of nitro groups is 1. The molecule has 1 heterocycles. The molecule has 0 unspecified atom stereocenters. The van der Waals surface area contributed by atoms with Crippen LogP contribution < -0.4 is 20.1 Å². The zero-order chi connectivity index (χ0) is 18.4. The van der Waals surface area contributed by atoms with Crippen molar-refractivity contribution in [2.24, 2.45) is 0 Å². The third-order valence-electron chi connectivity index (χ3n) is 3.80. The molecule has 8 heteroatoms. The molecule has 0 spiro atoms. The molecule has 0 fully saturated rings. The third kappa shape index (κ3) is 4.41. The molecule has 0 bridgehead atoms. The maximum atomic E-state index is 12.1. The Morgan fingerprint density at radius 2 is 1.88 bits per heavy atom. The van der Waals surface area contributed by atoms with Crippen LogP contribution in [0.2, 0.25) is 0 Å². The van der Waals surface area contributed by atoms with Crippen LogP contribution in [0.25, 0.3) is 0 Å². The van der Waals surface area contributed by atoms with E-state index in [2.05, 4.69) is 10.6 Å². The summed E-state index contributed by atoms with van der Waals surface area (Å²) < 4.78 is 11.1. The highest BCUT2D eigenvalue weighted by Gasteiger charge is 2.13. The summed E-state index contributed by atoms with van der Waals surface area (Å²) in [6, 6.07) is 11.6. The van der Waals surface area contributed by atoms with Crippen molar-refractivity contribution in [2.75, 3.05) is 30.4 Å². The molecule has 26 heavy (non-hydrogen) atoms. The van der Waals surface area contributed by atoms with Gasteiger partial charge in [0.05, 0.1) is 18.1 Å². The molecule has 136 valence electrons. The van der Waals surface area contributed by atoms with Gasteiger partial charge in [-0.05, 0) is 18.2 Å². The van der Waals surface area contributed by atoms with Crippen LogP contribution in [0, 0.1) is 10.1 Å². The minimum Gasteiger partial charge on any atom is -0.490 e. The number of amides is 1. The lowest BCUT2D eigenvalue weighted by Crippen LogP contribution is -2.16. The predicted octanol–water partition coefficient (Wildman–Crippen LogP) is 3.20. The van der Waals surface area contributed by atoms with Crippen molar-refractivity contribution in [2.45, 2.75) is 12.8 Å². The normalized spacial score (nSPS) is 12.8. The summed E-state index contributed by atoms with van der Waals surface area (Å²) in [6.07, 6.45) is 0.980. The number of benzene rings is 2. The summed E-state index contributed by atoms with van der Waals surface area (Å²) in [7, 11) is 0. The number of carbonyl (C=O) groups excluding carboxylic acids is 1. The molecule has 0 aliphatic carbocycles. The van der Waals surface area contributed by atoms with Gasteiger partial charge in [-0.2, -0.15) is 0 Å². The standard InChI is InChI=1S/C18H19N3O5/c22-18(8-9-19-14-4-1-2-5-15(14)21(23)24)20-13-6-7-16-17(12-13)26-11-3-10-25-16/h1-2,4-7,12,19H,3,8-11H2,(H,20,22). The van der Waals surface area contributed by atoms with Gasteiger partial charge in [-0.1, -0.05) is 12.1 Å². The van der Waals surface area contributed by atoms with E-state index in [0.29, 0.717) is 36.1 Å². The highest BCUT2D eigenvalue weighted by atomic mass is 16.6. The molecule has 2 N–H and O–H groups in total. The second-order valence-electron chi connectivity index (χ2n) is 5.71. The average Bonchev–Trinajstić information content (AvgIpc) is 2.87. The van der Waals surface area contributed by atoms with Gasteiger partial charge in [0.25, 0.3) is 5.69 Å². The van der Waals surface area contributed by atoms with E-state index in [9.17, 15) is 14.9 Å². The monoisotopic (exact) mass is 357 g/mol. The smallest absolute Gasteiger partial charge is 0.292 e. The van der Waals surface area contributed by atoms with Gasteiger partial charge >= 0.3 is 0 Å². The fourth-order valence-electron chi connectivity index (χ4n) is 2.56. The minimum absolute atomic E-state index is 0.0178. The van der Waals surface area contributed by atoms with Crippen molar-refractivity contribution in [3.8, 4) is 11.5 Å².